The fourth-order valence-electron chi connectivity index (χ4n) is 4.35. The number of nitrogens with zero attached hydrogens (tertiary/aromatic N) is 3. The predicted molar refractivity (Wildman–Crippen MR) is 131 cm³/mol. The van der Waals surface area contributed by atoms with E-state index in [2.05, 4.69) is 57.8 Å². The summed E-state index contributed by atoms with van der Waals surface area (Å²) in [4.78, 5) is 22.0. The first-order valence-corrected chi connectivity index (χ1v) is 11.5. The summed E-state index contributed by atoms with van der Waals surface area (Å²) in [7, 11) is 4.09. The lowest BCUT2D eigenvalue weighted by molar-refractivity contribution is 0.0509. The van der Waals surface area contributed by atoms with Crippen LogP contribution in [0.2, 0.25) is 0 Å². The van der Waals surface area contributed by atoms with Crippen LogP contribution in [0.1, 0.15) is 39.3 Å². The number of fused-ring (bicyclic) bond motifs is 1. The van der Waals surface area contributed by atoms with Gasteiger partial charge in [0.25, 0.3) is 0 Å². The topological polar surface area (TPSA) is 69.7 Å². The monoisotopic (exact) mass is 437 g/mol. The van der Waals surface area contributed by atoms with Crippen molar-refractivity contribution in [3.63, 3.8) is 0 Å². The maximum Gasteiger partial charge on any atom is 0.407 e. The molecule has 2 aliphatic rings. The second kappa shape index (κ2) is 8.98. The minimum Gasteiger partial charge on any atom is -0.444 e. The lowest BCUT2D eigenvalue weighted by Crippen LogP contribution is -2.40. The summed E-state index contributed by atoms with van der Waals surface area (Å²) in [6.07, 6.45) is 3.81. The fourth-order valence-corrected chi connectivity index (χ4v) is 4.35. The van der Waals surface area contributed by atoms with E-state index in [4.69, 9.17) is 9.72 Å². The third-order valence-electron chi connectivity index (χ3n) is 6.05. The lowest BCUT2D eigenvalue weighted by atomic mass is 10.0. The molecule has 1 amide bonds. The summed E-state index contributed by atoms with van der Waals surface area (Å²) in [5.41, 5.74) is 2.95. The van der Waals surface area contributed by atoms with E-state index in [0.717, 1.165) is 61.6 Å². The molecule has 172 valence electrons. The number of anilines is 2. The Morgan fingerprint density at radius 1 is 1.22 bits per heavy atom. The summed E-state index contributed by atoms with van der Waals surface area (Å²) in [6, 6.07) is 8.68. The van der Waals surface area contributed by atoms with Crippen molar-refractivity contribution in [2.75, 3.05) is 50.5 Å². The van der Waals surface area contributed by atoms with Crippen molar-refractivity contribution in [1.82, 2.24) is 15.2 Å². The van der Waals surface area contributed by atoms with E-state index >= 15 is 0 Å². The third-order valence-corrected chi connectivity index (χ3v) is 6.05. The van der Waals surface area contributed by atoms with E-state index in [9.17, 15) is 4.79 Å². The number of nitrogens with one attached hydrogen (secondary N) is 2. The van der Waals surface area contributed by atoms with Crippen molar-refractivity contribution < 1.29 is 9.53 Å². The van der Waals surface area contributed by atoms with Gasteiger partial charge < -0.3 is 25.2 Å². The molecule has 0 unspecified atom stereocenters. The Kier molecular flexibility index (Phi) is 6.29. The van der Waals surface area contributed by atoms with Crippen LogP contribution in [0.4, 0.5) is 16.3 Å². The van der Waals surface area contributed by atoms with Crippen molar-refractivity contribution in [2.45, 2.75) is 45.3 Å². The van der Waals surface area contributed by atoms with E-state index < -0.39 is 5.60 Å². The van der Waals surface area contributed by atoms with Crippen LogP contribution in [-0.2, 0) is 4.74 Å². The van der Waals surface area contributed by atoms with E-state index in [1.54, 1.807) is 0 Å². The highest BCUT2D eigenvalue weighted by Crippen LogP contribution is 2.33. The minimum absolute atomic E-state index is 0.0458. The van der Waals surface area contributed by atoms with Gasteiger partial charge in [-0.1, -0.05) is 6.08 Å². The molecule has 0 bridgehead atoms. The highest BCUT2D eigenvalue weighted by molar-refractivity contribution is 5.96. The number of alkyl carbamates (subject to hydrolysis) is 1. The zero-order chi connectivity index (χ0) is 22.9. The van der Waals surface area contributed by atoms with Gasteiger partial charge in [0.2, 0.25) is 0 Å². The number of hydrogen-bond donors (Lipinski definition) is 2. The van der Waals surface area contributed by atoms with E-state index in [0.29, 0.717) is 0 Å². The van der Waals surface area contributed by atoms with Crippen molar-refractivity contribution >= 4 is 33.9 Å². The first-order valence-electron chi connectivity index (χ1n) is 11.5. The van der Waals surface area contributed by atoms with Gasteiger partial charge in [-0.2, -0.15) is 0 Å². The molecule has 4 rings (SSSR count). The molecule has 0 spiro atoms. The van der Waals surface area contributed by atoms with Gasteiger partial charge in [0.1, 0.15) is 11.4 Å². The van der Waals surface area contributed by atoms with Gasteiger partial charge in [-0.3, -0.25) is 0 Å². The van der Waals surface area contributed by atoms with Gasteiger partial charge >= 0.3 is 6.09 Å². The Labute approximate surface area is 190 Å². The number of hydrogen-bond acceptors (Lipinski definition) is 6. The van der Waals surface area contributed by atoms with Crippen LogP contribution in [0.3, 0.4) is 0 Å². The van der Waals surface area contributed by atoms with E-state index in [1.807, 2.05) is 27.8 Å². The van der Waals surface area contributed by atoms with E-state index in [-0.39, 0.29) is 12.1 Å². The molecule has 0 saturated carbocycles. The molecular weight excluding hydrogens is 402 g/mol. The molecule has 1 aromatic carbocycles. The number of pyridine rings is 1. The van der Waals surface area contributed by atoms with Crippen molar-refractivity contribution in [2.24, 2.45) is 0 Å². The maximum absolute atomic E-state index is 12.2. The molecular formula is C25H35N5O2. The first kappa shape index (κ1) is 22.4. The quantitative estimate of drug-likeness (QED) is 0.751. The number of amides is 1. The largest absolute Gasteiger partial charge is 0.444 e. The molecule has 1 aromatic heterocycles. The molecule has 0 radical (unpaired) electrons. The second-order valence-electron chi connectivity index (χ2n) is 9.84. The van der Waals surface area contributed by atoms with Crippen LogP contribution < -0.4 is 15.5 Å². The fraction of sp³-hybridized carbons (Fsp3) is 0.520. The molecule has 2 aliphatic heterocycles. The molecule has 1 atom stereocenters. The highest BCUT2D eigenvalue weighted by Gasteiger charge is 2.28. The average Bonchev–Trinajstić information content (AvgIpc) is 3.19. The minimum atomic E-state index is -0.499. The van der Waals surface area contributed by atoms with Crippen molar-refractivity contribution in [3.8, 4) is 0 Å². The number of carbonyl (C=O) groups excluding carboxylic acids is 1. The molecule has 1 saturated heterocycles. The Bertz CT molecular complexity index is 1030. The number of benzene rings is 1. The predicted octanol–water partition coefficient (Wildman–Crippen LogP) is 4.10. The summed E-state index contributed by atoms with van der Waals surface area (Å²) >= 11 is 0. The molecule has 1 fully saturated rings. The summed E-state index contributed by atoms with van der Waals surface area (Å²) in [5, 5.41) is 8.59. The Morgan fingerprint density at radius 2 is 2.03 bits per heavy atom. The second-order valence-corrected chi connectivity index (χ2v) is 9.84. The van der Waals surface area contributed by atoms with E-state index in [1.165, 1.54) is 11.0 Å². The number of rotatable bonds is 4. The highest BCUT2D eigenvalue weighted by atomic mass is 16.6. The average molecular weight is 438 g/mol. The van der Waals surface area contributed by atoms with Gasteiger partial charge in [-0.15, -0.1) is 0 Å². The Balaban J connectivity index is 1.62. The number of carbonyl (C=O) groups is 1. The zero-order valence-electron chi connectivity index (χ0n) is 19.9. The molecule has 2 N–H and O–H groups in total. The Hall–Kier alpha value is -2.80. The molecule has 7 heteroatoms. The standard InChI is InChI=1S/C25H35N5O2/c1-25(2,3)32-24(31)27-20-10-13-30(16-20)23-21-7-6-19(26-4)14-18(21)15-22(28-23)17-8-11-29(5)12-9-17/h6-8,14-15,20,26H,9-13,16H2,1-5H3,(H,27,31)/t20-/m1/s1. The molecule has 0 aliphatic carbocycles. The smallest absolute Gasteiger partial charge is 0.407 e. The maximum atomic E-state index is 12.2. The summed E-state index contributed by atoms with van der Waals surface area (Å²) in [5.74, 6) is 0.994. The van der Waals surface area contributed by atoms with Crippen LogP contribution in [0.25, 0.3) is 16.3 Å². The zero-order valence-corrected chi connectivity index (χ0v) is 19.9. The normalized spacial score (nSPS) is 19.7. The number of likely N-dealkylation sites (N-methyl/N-ethyl adjacent to an activating group) is 1. The van der Waals surface area contributed by atoms with Gasteiger partial charge in [-0.25, -0.2) is 9.78 Å². The van der Waals surface area contributed by atoms with Crippen LogP contribution in [0.15, 0.2) is 30.3 Å². The SMILES string of the molecule is CNc1ccc2c(N3CC[C@@H](NC(=O)OC(C)(C)C)C3)nc(C3=CCN(C)CC3)cc2c1. The summed E-state index contributed by atoms with van der Waals surface area (Å²) < 4.78 is 5.44. The number of aromatic nitrogens is 1. The van der Waals surface area contributed by atoms with Crippen LogP contribution in [0.5, 0.6) is 0 Å². The van der Waals surface area contributed by atoms with Crippen LogP contribution in [-0.4, -0.2) is 67.9 Å². The molecule has 2 aromatic rings. The van der Waals surface area contributed by atoms with Crippen LogP contribution >= 0.6 is 0 Å². The van der Waals surface area contributed by atoms with Crippen molar-refractivity contribution in [1.29, 1.82) is 0 Å². The molecule has 3 heterocycles. The number of ether oxygens (including phenoxy) is 1. The van der Waals surface area contributed by atoms with Gasteiger partial charge in [0.05, 0.1) is 11.7 Å². The van der Waals surface area contributed by atoms with Gasteiger partial charge in [-0.05, 0) is 75.9 Å². The molecule has 32 heavy (non-hydrogen) atoms. The lowest BCUT2D eigenvalue weighted by Gasteiger charge is -2.25. The van der Waals surface area contributed by atoms with Crippen molar-refractivity contribution in [3.05, 3.63) is 36.0 Å². The third kappa shape index (κ3) is 5.15. The van der Waals surface area contributed by atoms with Crippen LogP contribution in [0, 0.1) is 0 Å². The summed E-state index contributed by atoms with van der Waals surface area (Å²) in [6.45, 7) is 9.21. The molecule has 7 nitrogen and oxygen atoms in total. The Morgan fingerprint density at radius 3 is 2.72 bits per heavy atom. The van der Waals surface area contributed by atoms with Gasteiger partial charge in [0.15, 0.2) is 0 Å². The first-order chi connectivity index (χ1) is 15.2. The van der Waals surface area contributed by atoms with Gasteiger partial charge in [0, 0.05) is 44.3 Å².